The molecular weight excluding hydrogens is 350 g/mol. The number of unbranched alkanes of at least 4 members (excludes halogenated alkanes) is 1. The fourth-order valence-corrected chi connectivity index (χ4v) is 3.78. The lowest BCUT2D eigenvalue weighted by Gasteiger charge is -2.15. The van der Waals surface area contributed by atoms with Crippen LogP contribution in [0.15, 0.2) is 35.4 Å². The molecule has 1 aromatic heterocycles. The minimum absolute atomic E-state index is 0.0656. The summed E-state index contributed by atoms with van der Waals surface area (Å²) in [6.45, 7) is 1.86. The zero-order chi connectivity index (χ0) is 18.6. The first-order valence-corrected chi connectivity index (χ1v) is 9.03. The quantitative estimate of drug-likeness (QED) is 0.537. The third kappa shape index (κ3) is 4.09. The minimum atomic E-state index is -4.22. The molecule has 0 fully saturated rings. The van der Waals surface area contributed by atoms with Crippen molar-refractivity contribution in [1.29, 1.82) is 0 Å². The van der Waals surface area contributed by atoms with Crippen molar-refractivity contribution in [2.75, 3.05) is 0 Å². The van der Waals surface area contributed by atoms with Gasteiger partial charge in [-0.25, -0.2) is 8.42 Å². The highest BCUT2D eigenvalue weighted by Gasteiger charge is 2.28. The molecule has 10 heteroatoms. The number of benzene rings is 1. The molecule has 0 aliphatic heterocycles. The van der Waals surface area contributed by atoms with Crippen LogP contribution in [0.4, 0.5) is 5.69 Å². The van der Waals surface area contributed by atoms with E-state index in [2.05, 4.69) is 9.71 Å². The van der Waals surface area contributed by atoms with Gasteiger partial charge in [-0.05, 0) is 24.6 Å². The number of aromatic nitrogens is 1. The van der Waals surface area contributed by atoms with E-state index in [1.54, 1.807) is 0 Å². The molecule has 0 bridgehead atoms. The fraction of sp³-hybridized carbons (Fsp3) is 0.333. The van der Waals surface area contributed by atoms with Crippen LogP contribution in [0.25, 0.3) is 10.9 Å². The van der Waals surface area contributed by atoms with E-state index in [1.165, 1.54) is 18.3 Å². The molecule has 0 spiro atoms. The summed E-state index contributed by atoms with van der Waals surface area (Å²) in [7, 11) is -4.22. The van der Waals surface area contributed by atoms with Gasteiger partial charge in [0.25, 0.3) is 5.69 Å². The number of fused-ring (bicyclic) bond motifs is 1. The minimum Gasteiger partial charge on any atom is -0.480 e. The maximum atomic E-state index is 12.6. The smallest absolute Gasteiger partial charge is 0.321 e. The van der Waals surface area contributed by atoms with Crippen LogP contribution in [0, 0.1) is 10.1 Å². The normalized spacial score (nSPS) is 12.8. The van der Waals surface area contributed by atoms with E-state index in [9.17, 15) is 28.4 Å². The first-order chi connectivity index (χ1) is 11.8. The summed E-state index contributed by atoms with van der Waals surface area (Å²) in [6.07, 6.45) is 2.71. The largest absolute Gasteiger partial charge is 0.480 e. The van der Waals surface area contributed by atoms with Gasteiger partial charge in [-0.1, -0.05) is 19.8 Å². The number of carboxylic acid groups (broad SMARTS) is 1. The van der Waals surface area contributed by atoms with Gasteiger partial charge < -0.3 is 5.11 Å². The van der Waals surface area contributed by atoms with E-state index >= 15 is 0 Å². The predicted octanol–water partition coefficient (Wildman–Crippen LogP) is 2.06. The summed E-state index contributed by atoms with van der Waals surface area (Å²) in [6, 6.07) is 3.71. The molecule has 25 heavy (non-hydrogen) atoms. The second-order valence-corrected chi connectivity index (χ2v) is 7.08. The van der Waals surface area contributed by atoms with Crippen molar-refractivity contribution < 1.29 is 23.2 Å². The van der Waals surface area contributed by atoms with Gasteiger partial charge in [-0.3, -0.25) is 19.9 Å². The zero-order valence-corrected chi connectivity index (χ0v) is 14.2. The molecule has 1 atom stereocenters. The van der Waals surface area contributed by atoms with Gasteiger partial charge in [-0.15, -0.1) is 0 Å². The highest BCUT2D eigenvalue weighted by molar-refractivity contribution is 7.89. The van der Waals surface area contributed by atoms with Gasteiger partial charge in [-0.2, -0.15) is 4.72 Å². The molecule has 1 heterocycles. The molecule has 1 unspecified atom stereocenters. The highest BCUT2D eigenvalue weighted by Crippen LogP contribution is 2.29. The summed E-state index contributed by atoms with van der Waals surface area (Å²) in [5, 5.41) is 20.4. The number of nitrogens with zero attached hydrogens (tertiary/aromatic N) is 2. The van der Waals surface area contributed by atoms with Gasteiger partial charge in [0.15, 0.2) is 0 Å². The summed E-state index contributed by atoms with van der Waals surface area (Å²) in [5.74, 6) is -1.28. The van der Waals surface area contributed by atoms with Crippen LogP contribution >= 0.6 is 0 Å². The lowest BCUT2D eigenvalue weighted by atomic mass is 10.1. The van der Waals surface area contributed by atoms with E-state index in [0.29, 0.717) is 12.8 Å². The molecule has 2 aromatic rings. The molecule has 2 rings (SSSR count). The predicted molar refractivity (Wildman–Crippen MR) is 89.7 cm³/mol. The number of hydrogen-bond donors (Lipinski definition) is 2. The zero-order valence-electron chi connectivity index (χ0n) is 13.4. The lowest BCUT2D eigenvalue weighted by molar-refractivity contribution is -0.383. The summed E-state index contributed by atoms with van der Waals surface area (Å²) in [4.78, 5) is 25.4. The standard InChI is InChI=1S/C15H17N3O6S/c1-2-3-6-11(15(19)20)17-25(23,24)13-8-7-12(18(21)22)10-5-4-9-16-14(10)13/h4-5,7-9,11,17H,2-3,6H2,1H3,(H,19,20). The molecule has 0 saturated heterocycles. The van der Waals surface area contributed by atoms with Crippen molar-refractivity contribution in [2.45, 2.75) is 37.1 Å². The molecule has 1 aromatic carbocycles. The molecule has 0 radical (unpaired) electrons. The molecular formula is C15H17N3O6S. The van der Waals surface area contributed by atoms with Crippen LogP contribution in [0.3, 0.4) is 0 Å². The highest BCUT2D eigenvalue weighted by atomic mass is 32.2. The van der Waals surface area contributed by atoms with Gasteiger partial charge in [0, 0.05) is 12.3 Å². The van der Waals surface area contributed by atoms with Gasteiger partial charge >= 0.3 is 5.97 Å². The summed E-state index contributed by atoms with van der Waals surface area (Å²) >= 11 is 0. The van der Waals surface area contributed by atoms with E-state index in [4.69, 9.17) is 0 Å². The van der Waals surface area contributed by atoms with Gasteiger partial charge in [0.05, 0.1) is 15.8 Å². The van der Waals surface area contributed by atoms with Gasteiger partial charge in [0.2, 0.25) is 10.0 Å². The van der Waals surface area contributed by atoms with Crippen LogP contribution in [-0.4, -0.2) is 35.4 Å². The average molecular weight is 367 g/mol. The first kappa shape index (κ1) is 18.7. The number of nitro benzene ring substituents is 1. The summed E-state index contributed by atoms with van der Waals surface area (Å²) < 4.78 is 27.4. The second kappa shape index (κ2) is 7.53. The Labute approximate surface area is 143 Å². The Hall–Kier alpha value is -2.59. The Balaban J connectivity index is 2.51. The van der Waals surface area contributed by atoms with Crippen LogP contribution in [0.1, 0.15) is 26.2 Å². The molecule has 0 aliphatic rings. The second-order valence-electron chi connectivity index (χ2n) is 5.39. The number of sulfonamides is 1. The summed E-state index contributed by atoms with van der Waals surface area (Å²) in [5.41, 5.74) is -0.355. The first-order valence-electron chi connectivity index (χ1n) is 7.55. The third-order valence-electron chi connectivity index (χ3n) is 3.64. The van der Waals surface area contributed by atoms with Crippen molar-refractivity contribution >= 4 is 32.6 Å². The number of aliphatic carboxylic acids is 1. The molecule has 0 amide bonds. The Morgan fingerprint density at radius 2 is 2.12 bits per heavy atom. The monoisotopic (exact) mass is 367 g/mol. The number of non-ortho nitro benzene ring substituents is 1. The maximum absolute atomic E-state index is 12.6. The van der Waals surface area contributed by atoms with Crippen LogP contribution in [-0.2, 0) is 14.8 Å². The Bertz CT molecular complexity index is 913. The van der Waals surface area contributed by atoms with Crippen LogP contribution < -0.4 is 4.72 Å². The molecule has 2 N–H and O–H groups in total. The Morgan fingerprint density at radius 1 is 1.40 bits per heavy atom. The van der Waals surface area contributed by atoms with Crippen molar-refractivity contribution in [3.05, 3.63) is 40.6 Å². The topological polar surface area (TPSA) is 140 Å². The average Bonchev–Trinajstić information content (AvgIpc) is 2.57. The Kier molecular flexibility index (Phi) is 5.65. The van der Waals surface area contributed by atoms with E-state index in [1.807, 2.05) is 6.92 Å². The van der Waals surface area contributed by atoms with Crippen molar-refractivity contribution in [3.63, 3.8) is 0 Å². The number of rotatable bonds is 8. The van der Waals surface area contributed by atoms with Crippen LogP contribution in [0.2, 0.25) is 0 Å². The number of carboxylic acids is 1. The number of carbonyl (C=O) groups is 1. The molecule has 134 valence electrons. The van der Waals surface area contributed by atoms with E-state index in [0.717, 1.165) is 12.1 Å². The third-order valence-corrected chi connectivity index (χ3v) is 5.14. The van der Waals surface area contributed by atoms with Crippen LogP contribution in [0.5, 0.6) is 0 Å². The maximum Gasteiger partial charge on any atom is 0.321 e. The van der Waals surface area contributed by atoms with E-state index < -0.39 is 27.0 Å². The fourth-order valence-electron chi connectivity index (χ4n) is 2.40. The van der Waals surface area contributed by atoms with Crippen molar-refractivity contribution in [2.24, 2.45) is 0 Å². The molecule has 9 nitrogen and oxygen atoms in total. The lowest BCUT2D eigenvalue weighted by Crippen LogP contribution is -2.40. The number of nitro groups is 1. The number of nitrogens with one attached hydrogen (secondary N) is 1. The molecule has 0 aliphatic carbocycles. The Morgan fingerprint density at radius 3 is 2.72 bits per heavy atom. The number of hydrogen-bond acceptors (Lipinski definition) is 6. The van der Waals surface area contributed by atoms with Crippen molar-refractivity contribution in [1.82, 2.24) is 9.71 Å². The number of pyridine rings is 1. The van der Waals surface area contributed by atoms with E-state index in [-0.39, 0.29) is 27.9 Å². The SMILES string of the molecule is CCCCC(NS(=O)(=O)c1ccc([N+](=O)[O-])c2cccnc12)C(=O)O. The molecule has 0 saturated carbocycles. The van der Waals surface area contributed by atoms with Crippen molar-refractivity contribution in [3.8, 4) is 0 Å². The van der Waals surface area contributed by atoms with Gasteiger partial charge in [0.1, 0.15) is 10.9 Å².